The van der Waals surface area contributed by atoms with Crippen LogP contribution in [0.15, 0.2) is 16.6 Å². The molecule has 4 heteroatoms. The van der Waals surface area contributed by atoms with E-state index in [0.29, 0.717) is 18.7 Å². The van der Waals surface area contributed by atoms with E-state index < -0.39 is 0 Å². The van der Waals surface area contributed by atoms with E-state index in [1.165, 1.54) is 0 Å². The molecular formula is C10H11BrN2O. The summed E-state index contributed by atoms with van der Waals surface area (Å²) in [6.07, 6.45) is 0.488. The van der Waals surface area contributed by atoms with Crippen LogP contribution in [-0.4, -0.2) is 12.5 Å². The number of halogens is 1. The summed E-state index contributed by atoms with van der Waals surface area (Å²) in [5.41, 5.74) is 8.46. The van der Waals surface area contributed by atoms with Crippen LogP contribution in [-0.2, 0) is 11.2 Å². The van der Waals surface area contributed by atoms with Crippen LogP contribution in [0.1, 0.15) is 12.5 Å². The molecule has 0 aliphatic carbocycles. The van der Waals surface area contributed by atoms with Gasteiger partial charge in [-0.3, -0.25) is 4.79 Å². The Hall–Kier alpha value is -1.03. The summed E-state index contributed by atoms with van der Waals surface area (Å²) in [5, 5.41) is 0. The Morgan fingerprint density at radius 2 is 2.29 bits per heavy atom. The number of nitrogens with two attached hydrogens (primary N) is 1. The summed E-state index contributed by atoms with van der Waals surface area (Å²) in [6.45, 7) is 2.66. The van der Waals surface area contributed by atoms with E-state index in [-0.39, 0.29) is 5.91 Å². The van der Waals surface area contributed by atoms with Gasteiger partial charge in [-0.15, -0.1) is 0 Å². The molecule has 0 bridgehead atoms. The summed E-state index contributed by atoms with van der Waals surface area (Å²) in [7, 11) is 0. The lowest BCUT2D eigenvalue weighted by molar-refractivity contribution is -0.117. The van der Waals surface area contributed by atoms with E-state index in [1.807, 2.05) is 19.1 Å². The van der Waals surface area contributed by atoms with Crippen molar-refractivity contribution in [1.82, 2.24) is 0 Å². The highest BCUT2D eigenvalue weighted by molar-refractivity contribution is 9.10. The Morgan fingerprint density at radius 3 is 2.93 bits per heavy atom. The zero-order chi connectivity index (χ0) is 10.3. The van der Waals surface area contributed by atoms with Crippen molar-refractivity contribution in [3.8, 4) is 0 Å². The van der Waals surface area contributed by atoms with Crippen molar-refractivity contribution in [3.05, 3.63) is 22.2 Å². The molecule has 0 aromatic heterocycles. The molecule has 0 unspecified atom stereocenters. The van der Waals surface area contributed by atoms with Gasteiger partial charge >= 0.3 is 0 Å². The second kappa shape index (κ2) is 3.28. The molecule has 1 aromatic rings. The monoisotopic (exact) mass is 254 g/mol. The predicted octanol–water partition coefficient (Wildman–Crippen LogP) is 1.94. The predicted molar refractivity (Wildman–Crippen MR) is 60.3 cm³/mol. The fraction of sp³-hybridized carbons (Fsp3) is 0.300. The maximum atomic E-state index is 11.6. The molecule has 0 radical (unpaired) electrons. The number of benzene rings is 1. The smallest absolute Gasteiger partial charge is 0.231 e. The SMILES string of the molecule is CCN1C(=O)Cc2cc(Br)c(N)cc21. The summed E-state index contributed by atoms with van der Waals surface area (Å²) in [6, 6.07) is 3.78. The molecule has 1 aliphatic heterocycles. The average Bonchev–Trinajstić information content (AvgIpc) is 2.42. The van der Waals surface area contributed by atoms with Gasteiger partial charge in [0.2, 0.25) is 5.91 Å². The molecule has 0 saturated heterocycles. The molecule has 0 fully saturated rings. The number of nitrogen functional groups attached to an aromatic ring is 1. The van der Waals surface area contributed by atoms with Gasteiger partial charge in [0.25, 0.3) is 0 Å². The van der Waals surface area contributed by atoms with Crippen molar-refractivity contribution in [2.24, 2.45) is 0 Å². The van der Waals surface area contributed by atoms with Gasteiger partial charge in [0, 0.05) is 22.4 Å². The Morgan fingerprint density at radius 1 is 1.57 bits per heavy atom. The number of carbonyl (C=O) groups excluding carboxylic acids is 1. The first-order valence-corrected chi connectivity index (χ1v) is 5.31. The minimum Gasteiger partial charge on any atom is -0.398 e. The molecule has 0 spiro atoms. The van der Waals surface area contributed by atoms with Crippen LogP contribution in [0.25, 0.3) is 0 Å². The molecule has 3 nitrogen and oxygen atoms in total. The number of anilines is 2. The highest BCUT2D eigenvalue weighted by Crippen LogP contribution is 2.34. The van der Waals surface area contributed by atoms with Crippen LogP contribution in [0.2, 0.25) is 0 Å². The van der Waals surface area contributed by atoms with Crippen molar-refractivity contribution in [2.75, 3.05) is 17.2 Å². The number of hydrogen-bond donors (Lipinski definition) is 1. The minimum absolute atomic E-state index is 0.153. The van der Waals surface area contributed by atoms with Crippen LogP contribution < -0.4 is 10.6 Å². The maximum absolute atomic E-state index is 11.6. The van der Waals surface area contributed by atoms with Crippen molar-refractivity contribution >= 4 is 33.2 Å². The number of likely N-dealkylation sites (N-methyl/N-ethyl adjacent to an activating group) is 1. The second-order valence-corrected chi connectivity index (χ2v) is 4.17. The lowest BCUT2D eigenvalue weighted by Gasteiger charge is -2.15. The molecule has 1 amide bonds. The van der Waals surface area contributed by atoms with E-state index in [0.717, 1.165) is 15.7 Å². The molecule has 74 valence electrons. The summed E-state index contributed by atoms with van der Waals surface area (Å²) < 4.78 is 0.863. The van der Waals surface area contributed by atoms with Crippen LogP contribution >= 0.6 is 15.9 Å². The van der Waals surface area contributed by atoms with E-state index in [2.05, 4.69) is 15.9 Å². The molecule has 1 aliphatic rings. The fourth-order valence-electron chi connectivity index (χ4n) is 1.75. The minimum atomic E-state index is 0.153. The van der Waals surface area contributed by atoms with Gasteiger partial charge in [0.15, 0.2) is 0 Å². The molecule has 1 heterocycles. The van der Waals surface area contributed by atoms with Gasteiger partial charge in [-0.05, 0) is 40.5 Å². The van der Waals surface area contributed by atoms with Crippen molar-refractivity contribution < 1.29 is 4.79 Å². The highest BCUT2D eigenvalue weighted by atomic mass is 79.9. The first-order valence-electron chi connectivity index (χ1n) is 4.51. The summed E-state index contributed by atoms with van der Waals surface area (Å²) in [5.74, 6) is 0.153. The largest absolute Gasteiger partial charge is 0.398 e. The number of rotatable bonds is 1. The van der Waals surface area contributed by atoms with Gasteiger partial charge in [-0.25, -0.2) is 0 Å². The second-order valence-electron chi connectivity index (χ2n) is 3.32. The number of hydrogen-bond acceptors (Lipinski definition) is 2. The molecule has 1 aromatic carbocycles. The van der Waals surface area contributed by atoms with E-state index in [9.17, 15) is 4.79 Å². The molecule has 2 rings (SSSR count). The third kappa shape index (κ3) is 1.30. The lowest BCUT2D eigenvalue weighted by Crippen LogP contribution is -2.25. The maximum Gasteiger partial charge on any atom is 0.231 e. The molecule has 0 saturated carbocycles. The first-order chi connectivity index (χ1) is 6.63. The number of nitrogens with zero attached hydrogens (tertiary/aromatic N) is 1. The van der Waals surface area contributed by atoms with Crippen LogP contribution in [0, 0.1) is 0 Å². The van der Waals surface area contributed by atoms with E-state index in [1.54, 1.807) is 4.90 Å². The lowest BCUT2D eigenvalue weighted by atomic mass is 10.1. The normalized spacial score (nSPS) is 14.7. The van der Waals surface area contributed by atoms with Gasteiger partial charge in [0.05, 0.1) is 6.42 Å². The summed E-state index contributed by atoms with van der Waals surface area (Å²) in [4.78, 5) is 13.3. The first kappa shape index (κ1) is 9.52. The standard InChI is InChI=1S/C10H11BrN2O/c1-2-13-9-5-8(12)7(11)3-6(9)4-10(13)14/h3,5H,2,4,12H2,1H3. The van der Waals surface area contributed by atoms with Gasteiger partial charge in [-0.1, -0.05) is 0 Å². The van der Waals surface area contributed by atoms with Gasteiger partial charge < -0.3 is 10.6 Å². The third-order valence-corrected chi connectivity index (χ3v) is 3.13. The Balaban J connectivity index is 2.54. The topological polar surface area (TPSA) is 46.3 Å². The third-order valence-electron chi connectivity index (χ3n) is 2.45. The average molecular weight is 255 g/mol. The van der Waals surface area contributed by atoms with Crippen LogP contribution in [0.4, 0.5) is 11.4 Å². The number of amides is 1. The molecule has 2 N–H and O–H groups in total. The highest BCUT2D eigenvalue weighted by Gasteiger charge is 2.26. The molecular weight excluding hydrogens is 244 g/mol. The zero-order valence-electron chi connectivity index (χ0n) is 7.88. The van der Waals surface area contributed by atoms with Crippen LogP contribution in [0.5, 0.6) is 0 Å². The molecule has 0 atom stereocenters. The zero-order valence-corrected chi connectivity index (χ0v) is 9.47. The number of carbonyl (C=O) groups is 1. The van der Waals surface area contributed by atoms with E-state index >= 15 is 0 Å². The van der Waals surface area contributed by atoms with Gasteiger partial charge in [0.1, 0.15) is 0 Å². The Labute approximate surface area is 91.0 Å². The van der Waals surface area contributed by atoms with Gasteiger partial charge in [-0.2, -0.15) is 0 Å². The Kier molecular flexibility index (Phi) is 2.23. The van der Waals surface area contributed by atoms with Crippen molar-refractivity contribution in [1.29, 1.82) is 0 Å². The number of fused-ring (bicyclic) bond motifs is 1. The molecule has 14 heavy (non-hydrogen) atoms. The van der Waals surface area contributed by atoms with Crippen molar-refractivity contribution in [3.63, 3.8) is 0 Å². The fourth-order valence-corrected chi connectivity index (χ4v) is 2.14. The Bertz CT molecular complexity index is 403. The van der Waals surface area contributed by atoms with Crippen molar-refractivity contribution in [2.45, 2.75) is 13.3 Å². The quantitative estimate of drug-likeness (QED) is 0.779. The summed E-state index contributed by atoms with van der Waals surface area (Å²) >= 11 is 3.36. The van der Waals surface area contributed by atoms with Crippen LogP contribution in [0.3, 0.4) is 0 Å². The van der Waals surface area contributed by atoms with E-state index in [4.69, 9.17) is 5.73 Å².